The van der Waals surface area contributed by atoms with Crippen LogP contribution in [0.4, 0.5) is 13.2 Å². The fourth-order valence-electron chi connectivity index (χ4n) is 1.80. The first-order valence-corrected chi connectivity index (χ1v) is 6.64. The highest BCUT2D eigenvalue weighted by Crippen LogP contribution is 2.42. The van der Waals surface area contributed by atoms with Crippen LogP contribution in [0.5, 0.6) is 5.75 Å². The van der Waals surface area contributed by atoms with E-state index in [1.54, 1.807) is 0 Å². The minimum atomic E-state index is -4.64. The third kappa shape index (κ3) is 3.20. The lowest BCUT2D eigenvalue weighted by Gasteiger charge is -2.15. The first kappa shape index (κ1) is 16.2. The van der Waals surface area contributed by atoms with E-state index in [0.717, 1.165) is 13.3 Å². The van der Waals surface area contributed by atoms with Crippen molar-refractivity contribution in [3.8, 4) is 16.9 Å². The van der Waals surface area contributed by atoms with Gasteiger partial charge in [0, 0.05) is 11.8 Å². The van der Waals surface area contributed by atoms with Gasteiger partial charge >= 0.3 is 6.18 Å². The van der Waals surface area contributed by atoms with Crippen molar-refractivity contribution in [1.29, 1.82) is 0 Å². The van der Waals surface area contributed by atoms with Gasteiger partial charge in [0.1, 0.15) is 0 Å². The number of ether oxygens (including phenoxy) is 1. The van der Waals surface area contributed by atoms with E-state index in [1.165, 1.54) is 18.2 Å². The molecule has 0 spiro atoms. The number of alkyl halides is 3. The monoisotopic (exact) mass is 355 g/mol. The fourth-order valence-corrected chi connectivity index (χ4v) is 2.39. The van der Waals surface area contributed by atoms with Crippen molar-refractivity contribution in [2.75, 3.05) is 7.11 Å². The van der Waals surface area contributed by atoms with Gasteiger partial charge in [-0.25, -0.2) is 4.98 Å². The first-order chi connectivity index (χ1) is 9.75. The molecule has 0 aliphatic carbocycles. The van der Waals surface area contributed by atoms with Crippen LogP contribution in [0.2, 0.25) is 15.1 Å². The quantitative estimate of drug-likeness (QED) is 0.640. The lowest BCUT2D eigenvalue weighted by molar-refractivity contribution is -0.142. The van der Waals surface area contributed by atoms with Crippen LogP contribution in [0, 0.1) is 0 Å². The summed E-state index contributed by atoms with van der Waals surface area (Å²) in [4.78, 5) is 3.33. The van der Waals surface area contributed by atoms with Crippen molar-refractivity contribution >= 4 is 34.8 Å². The number of rotatable bonds is 2. The molecule has 0 aliphatic rings. The number of pyridine rings is 1. The molecule has 1 aromatic heterocycles. The van der Waals surface area contributed by atoms with E-state index in [2.05, 4.69) is 4.98 Å². The zero-order valence-electron chi connectivity index (χ0n) is 10.4. The molecule has 0 radical (unpaired) electrons. The Hall–Kier alpha value is -1.17. The molecule has 0 aliphatic heterocycles. The largest absolute Gasteiger partial charge is 0.494 e. The van der Waals surface area contributed by atoms with Crippen molar-refractivity contribution in [1.82, 2.24) is 4.98 Å². The van der Waals surface area contributed by atoms with E-state index in [0.29, 0.717) is 5.56 Å². The molecule has 112 valence electrons. The van der Waals surface area contributed by atoms with Gasteiger partial charge in [-0.3, -0.25) is 0 Å². The molecule has 0 fully saturated rings. The number of aromatic nitrogens is 1. The van der Waals surface area contributed by atoms with Gasteiger partial charge in [-0.2, -0.15) is 13.2 Å². The summed E-state index contributed by atoms with van der Waals surface area (Å²) in [5.74, 6) is -0.403. The second-order valence-corrected chi connectivity index (χ2v) is 5.18. The number of methoxy groups -OCH3 is 1. The van der Waals surface area contributed by atoms with E-state index >= 15 is 0 Å². The van der Waals surface area contributed by atoms with E-state index in [9.17, 15) is 13.2 Å². The second kappa shape index (κ2) is 5.91. The number of hydrogen-bond acceptors (Lipinski definition) is 2. The summed E-state index contributed by atoms with van der Waals surface area (Å²) in [5, 5.41) is 0.393. The lowest BCUT2D eigenvalue weighted by Crippen LogP contribution is -2.10. The Kier molecular flexibility index (Phi) is 4.56. The maximum atomic E-state index is 12.9. The number of halogens is 6. The second-order valence-electron chi connectivity index (χ2n) is 3.99. The summed E-state index contributed by atoms with van der Waals surface area (Å²) in [5.41, 5.74) is -0.607. The average molecular weight is 357 g/mol. The maximum Gasteiger partial charge on any atom is 0.437 e. The highest BCUT2D eigenvalue weighted by Gasteiger charge is 2.37. The molecular formula is C13H7Cl3F3NO. The predicted molar refractivity (Wildman–Crippen MR) is 76.3 cm³/mol. The highest BCUT2D eigenvalue weighted by atomic mass is 35.5. The van der Waals surface area contributed by atoms with Crippen molar-refractivity contribution in [2.45, 2.75) is 6.18 Å². The Balaban J connectivity index is 2.70. The van der Waals surface area contributed by atoms with Crippen molar-refractivity contribution in [3.05, 3.63) is 45.2 Å². The molecule has 0 amide bonds. The zero-order valence-corrected chi connectivity index (χ0v) is 12.7. The Morgan fingerprint density at radius 3 is 2.14 bits per heavy atom. The van der Waals surface area contributed by atoms with Gasteiger partial charge in [0.05, 0.1) is 22.2 Å². The molecule has 1 heterocycles. The molecule has 2 rings (SSSR count). The molecule has 0 saturated carbocycles. The highest BCUT2D eigenvalue weighted by molar-refractivity contribution is 6.48. The number of benzene rings is 1. The van der Waals surface area contributed by atoms with Crippen LogP contribution in [0.3, 0.4) is 0 Å². The Morgan fingerprint density at radius 1 is 1.10 bits per heavy atom. The minimum Gasteiger partial charge on any atom is -0.494 e. The first-order valence-electron chi connectivity index (χ1n) is 5.50. The zero-order chi connectivity index (χ0) is 15.8. The van der Waals surface area contributed by atoms with Crippen LogP contribution in [0.1, 0.15) is 5.69 Å². The Morgan fingerprint density at radius 2 is 1.67 bits per heavy atom. The van der Waals surface area contributed by atoms with Crippen LogP contribution in [0.25, 0.3) is 11.1 Å². The molecule has 0 unspecified atom stereocenters. The molecule has 1 aromatic carbocycles. The number of hydrogen-bond donors (Lipinski definition) is 0. The van der Waals surface area contributed by atoms with Gasteiger partial charge in [-0.05, 0) is 23.8 Å². The van der Waals surface area contributed by atoms with Gasteiger partial charge in [-0.1, -0.05) is 34.8 Å². The van der Waals surface area contributed by atoms with Gasteiger partial charge < -0.3 is 4.74 Å². The Labute approximate surface area is 133 Å². The number of nitrogens with zero attached hydrogens (tertiary/aromatic N) is 1. The summed E-state index contributed by atoms with van der Waals surface area (Å²) < 4.78 is 43.7. The third-order valence-electron chi connectivity index (χ3n) is 2.67. The molecule has 2 aromatic rings. The lowest BCUT2D eigenvalue weighted by atomic mass is 10.0. The SMILES string of the molecule is COc1c(-c2cc(Cl)c(Cl)c(Cl)c2)ccnc1C(F)(F)F. The summed E-state index contributed by atoms with van der Waals surface area (Å²) in [6.07, 6.45) is -3.60. The molecule has 0 saturated heterocycles. The fraction of sp³-hybridized carbons (Fsp3) is 0.154. The van der Waals surface area contributed by atoms with E-state index in [-0.39, 0.29) is 20.6 Å². The van der Waals surface area contributed by atoms with E-state index in [1.807, 2.05) is 0 Å². The van der Waals surface area contributed by atoms with Gasteiger partial charge in [0.25, 0.3) is 0 Å². The summed E-state index contributed by atoms with van der Waals surface area (Å²) >= 11 is 17.6. The van der Waals surface area contributed by atoms with Crippen molar-refractivity contribution < 1.29 is 17.9 Å². The maximum absolute atomic E-state index is 12.9. The molecule has 0 atom stereocenters. The molecule has 0 bridgehead atoms. The van der Waals surface area contributed by atoms with Crippen LogP contribution < -0.4 is 4.74 Å². The van der Waals surface area contributed by atoms with Gasteiger partial charge in [0.2, 0.25) is 0 Å². The molecule has 0 N–H and O–H groups in total. The van der Waals surface area contributed by atoms with Crippen LogP contribution in [-0.2, 0) is 6.18 Å². The topological polar surface area (TPSA) is 22.1 Å². The minimum absolute atomic E-state index is 0.131. The molecule has 2 nitrogen and oxygen atoms in total. The summed E-state index contributed by atoms with van der Waals surface area (Å²) in [6, 6.07) is 4.20. The standard InChI is InChI=1S/C13H7Cl3F3NO/c1-21-11-7(2-3-20-12(11)13(17,18)19)6-4-8(14)10(16)9(15)5-6/h2-5H,1H3. The van der Waals surface area contributed by atoms with Gasteiger partial charge in [0.15, 0.2) is 11.4 Å². The molecule has 8 heteroatoms. The Bertz CT molecular complexity index is 666. The van der Waals surface area contributed by atoms with E-state index in [4.69, 9.17) is 39.5 Å². The predicted octanol–water partition coefficient (Wildman–Crippen LogP) is 5.74. The van der Waals surface area contributed by atoms with Gasteiger partial charge in [-0.15, -0.1) is 0 Å². The summed E-state index contributed by atoms with van der Waals surface area (Å²) in [7, 11) is 1.13. The summed E-state index contributed by atoms with van der Waals surface area (Å²) in [6.45, 7) is 0. The van der Waals surface area contributed by atoms with E-state index < -0.39 is 17.6 Å². The van der Waals surface area contributed by atoms with Crippen molar-refractivity contribution in [3.63, 3.8) is 0 Å². The van der Waals surface area contributed by atoms with Crippen LogP contribution >= 0.6 is 34.8 Å². The van der Waals surface area contributed by atoms with Crippen LogP contribution in [-0.4, -0.2) is 12.1 Å². The smallest absolute Gasteiger partial charge is 0.437 e. The third-order valence-corrected chi connectivity index (χ3v) is 3.87. The normalized spacial score (nSPS) is 11.6. The van der Waals surface area contributed by atoms with Crippen LogP contribution in [0.15, 0.2) is 24.4 Å². The molecule has 21 heavy (non-hydrogen) atoms. The average Bonchev–Trinajstić information content (AvgIpc) is 2.42. The van der Waals surface area contributed by atoms with Crippen molar-refractivity contribution in [2.24, 2.45) is 0 Å². The molecular weight excluding hydrogens is 350 g/mol.